The average Bonchev–Trinajstić information content (AvgIpc) is 3.14. The van der Waals surface area contributed by atoms with E-state index in [1.807, 2.05) is 0 Å². The molecule has 1 saturated heterocycles. The summed E-state index contributed by atoms with van der Waals surface area (Å²) in [4.78, 5) is 16.9. The molecule has 0 saturated carbocycles. The van der Waals surface area contributed by atoms with Gasteiger partial charge in [-0.1, -0.05) is 0 Å². The van der Waals surface area contributed by atoms with Gasteiger partial charge >= 0.3 is 6.03 Å². The van der Waals surface area contributed by atoms with Crippen molar-refractivity contribution in [1.29, 1.82) is 0 Å². The maximum atomic E-state index is 14.1. The third-order valence-electron chi connectivity index (χ3n) is 5.12. The molecule has 14 heteroatoms. The van der Waals surface area contributed by atoms with Crippen molar-refractivity contribution in [1.82, 2.24) is 19.9 Å². The number of carbonyl (C=O) groups excluding carboxylic acids is 1. The monoisotopic (exact) mass is 479 g/mol. The van der Waals surface area contributed by atoms with Gasteiger partial charge in [0.15, 0.2) is 17.1 Å². The number of hydrogen-bond donors (Lipinski definition) is 6. The van der Waals surface area contributed by atoms with E-state index >= 15 is 0 Å². The van der Waals surface area contributed by atoms with Crippen LogP contribution in [-0.2, 0) is 0 Å². The fourth-order valence-corrected chi connectivity index (χ4v) is 5.02. The first kappa shape index (κ1) is 21.4. The van der Waals surface area contributed by atoms with Crippen LogP contribution in [0.15, 0.2) is 24.4 Å². The van der Waals surface area contributed by atoms with Crippen LogP contribution < -0.4 is 30.7 Å². The van der Waals surface area contributed by atoms with Gasteiger partial charge < -0.3 is 30.7 Å². The van der Waals surface area contributed by atoms with Gasteiger partial charge in [-0.05, 0) is 0 Å². The summed E-state index contributed by atoms with van der Waals surface area (Å²) in [6.45, 7) is 0.667. The summed E-state index contributed by atoms with van der Waals surface area (Å²) in [5.41, 5.74) is 1.01. The van der Waals surface area contributed by atoms with Crippen LogP contribution in [0.1, 0.15) is 0 Å². The summed E-state index contributed by atoms with van der Waals surface area (Å²) in [6, 6.07) is 3.39. The maximum absolute atomic E-state index is 14.1. The summed E-state index contributed by atoms with van der Waals surface area (Å²) in [5, 5.41) is 15.7. The summed E-state index contributed by atoms with van der Waals surface area (Å²) in [6.07, 6.45) is 1.45. The minimum atomic E-state index is -2.56. The molecule has 0 atom stereocenters. The molecule has 176 valence electrons. The van der Waals surface area contributed by atoms with Gasteiger partial charge in [0.2, 0.25) is 0 Å². The zero-order valence-electron chi connectivity index (χ0n) is 17.5. The van der Waals surface area contributed by atoms with Gasteiger partial charge in [0.25, 0.3) is 0 Å². The molecule has 33 heavy (non-hydrogen) atoms. The Morgan fingerprint density at radius 3 is 2.76 bits per heavy atom. The molecular formula is C19H22FN7O5S. The van der Waals surface area contributed by atoms with Crippen molar-refractivity contribution >= 4 is 45.3 Å². The predicted molar refractivity (Wildman–Crippen MR) is 122 cm³/mol. The smallest absolute Gasteiger partial charge is 0.319 e. The van der Waals surface area contributed by atoms with E-state index in [-0.39, 0.29) is 17.5 Å². The molecule has 4 heterocycles. The summed E-state index contributed by atoms with van der Waals surface area (Å²) >= 11 is 0. The van der Waals surface area contributed by atoms with Crippen molar-refractivity contribution in [2.45, 2.75) is 6.04 Å². The van der Waals surface area contributed by atoms with Gasteiger partial charge in [0, 0.05) is 25.2 Å². The quantitative estimate of drug-likeness (QED) is 0.324. The highest BCUT2D eigenvalue weighted by Gasteiger charge is 2.34. The van der Waals surface area contributed by atoms with Crippen LogP contribution in [0.25, 0.3) is 5.65 Å². The highest BCUT2D eigenvalue weighted by atomic mass is 32.3. The Morgan fingerprint density at radius 2 is 2.00 bits per heavy atom. The third-order valence-corrected chi connectivity index (χ3v) is 6.99. The molecule has 0 unspecified atom stereocenters. The van der Waals surface area contributed by atoms with Crippen molar-refractivity contribution in [2.75, 3.05) is 47.7 Å². The Kier molecular flexibility index (Phi) is 5.26. The number of fused-ring (bicyclic) bond motifs is 2. The van der Waals surface area contributed by atoms with Gasteiger partial charge in [-0.3, -0.25) is 9.11 Å². The Bertz CT molecular complexity index is 1230. The molecular weight excluding hydrogens is 457 g/mol. The van der Waals surface area contributed by atoms with Crippen molar-refractivity contribution in [3.63, 3.8) is 0 Å². The van der Waals surface area contributed by atoms with E-state index < -0.39 is 22.4 Å². The van der Waals surface area contributed by atoms with E-state index in [9.17, 15) is 18.3 Å². The minimum absolute atomic E-state index is 0.134. The number of hydrogen-bond acceptors (Lipinski definition) is 9. The Labute approximate surface area is 188 Å². The van der Waals surface area contributed by atoms with Gasteiger partial charge in [0.05, 0.1) is 29.4 Å². The lowest BCUT2D eigenvalue weighted by Crippen LogP contribution is -2.51. The molecule has 2 aliphatic heterocycles. The van der Waals surface area contributed by atoms with Crippen LogP contribution in [0.4, 0.5) is 32.2 Å². The average molecular weight is 479 g/mol. The summed E-state index contributed by atoms with van der Waals surface area (Å²) in [7, 11) is -0.856. The first-order valence-corrected chi connectivity index (χ1v) is 11.9. The molecule has 0 radical (unpaired) electrons. The van der Waals surface area contributed by atoms with Crippen molar-refractivity contribution in [2.24, 2.45) is 0 Å². The van der Waals surface area contributed by atoms with Crippen LogP contribution in [0, 0.1) is 5.82 Å². The van der Waals surface area contributed by atoms with Crippen molar-refractivity contribution in [3.8, 4) is 11.5 Å². The number of rotatable bonds is 5. The highest BCUT2D eigenvalue weighted by molar-refractivity contribution is 8.25. The maximum Gasteiger partial charge on any atom is 0.319 e. The number of carbonyl (C=O) groups is 1. The fourth-order valence-electron chi connectivity index (χ4n) is 3.67. The Balaban J connectivity index is 1.42. The van der Waals surface area contributed by atoms with Crippen LogP contribution in [0.5, 0.6) is 11.5 Å². The lowest BCUT2D eigenvalue weighted by atomic mass is 10.2. The number of amides is 2. The lowest BCUT2D eigenvalue weighted by molar-refractivity contribution is 0.172. The largest absolute Gasteiger partial charge is 0.486 e. The summed E-state index contributed by atoms with van der Waals surface area (Å²) in [5.74, 6) is 1.37. The zero-order valence-corrected chi connectivity index (χ0v) is 18.3. The van der Waals surface area contributed by atoms with E-state index in [1.165, 1.54) is 22.8 Å². The number of aromatic nitrogens is 3. The second-order valence-electron chi connectivity index (χ2n) is 7.60. The van der Waals surface area contributed by atoms with Gasteiger partial charge in [-0.15, -0.1) is 0 Å². The molecule has 1 fully saturated rings. The molecule has 5 rings (SSSR count). The lowest BCUT2D eigenvalue weighted by Gasteiger charge is -2.46. The molecule has 1 aromatic carbocycles. The first-order chi connectivity index (χ1) is 15.8. The molecule has 6 N–H and O–H groups in total. The van der Waals surface area contributed by atoms with Crippen molar-refractivity contribution < 1.29 is 27.8 Å². The predicted octanol–water partition coefficient (Wildman–Crippen LogP) is 2.68. The van der Waals surface area contributed by atoms with Gasteiger partial charge in [-0.2, -0.15) is 20.2 Å². The number of benzene rings is 1. The first-order valence-electron chi connectivity index (χ1n) is 10.0. The molecule has 2 aliphatic rings. The van der Waals surface area contributed by atoms with E-state index in [0.29, 0.717) is 53.4 Å². The Hall–Kier alpha value is -3.49. The second-order valence-corrected chi connectivity index (χ2v) is 9.87. The number of anilines is 4. The minimum Gasteiger partial charge on any atom is -0.486 e. The SMILES string of the molecule is CNc1cc(Nc2cc(F)cc3c2OCCO3)nc2c(NC(=O)NC3CS(O)(O)C3)cnn12. The molecule has 2 aromatic heterocycles. The van der Waals surface area contributed by atoms with Crippen LogP contribution >= 0.6 is 10.6 Å². The fraction of sp³-hybridized carbons (Fsp3) is 0.316. The van der Waals surface area contributed by atoms with E-state index in [1.54, 1.807) is 13.1 Å². The highest BCUT2D eigenvalue weighted by Crippen LogP contribution is 2.48. The topological polar surface area (TPSA) is 154 Å². The van der Waals surface area contributed by atoms with E-state index in [2.05, 4.69) is 31.3 Å². The molecule has 3 aromatic rings. The van der Waals surface area contributed by atoms with Crippen LogP contribution in [0.2, 0.25) is 0 Å². The number of urea groups is 1. The molecule has 2 amide bonds. The second kappa shape index (κ2) is 8.13. The number of ether oxygens (including phenoxy) is 2. The van der Waals surface area contributed by atoms with Crippen LogP contribution in [0.3, 0.4) is 0 Å². The van der Waals surface area contributed by atoms with E-state index in [0.717, 1.165) is 0 Å². The summed E-state index contributed by atoms with van der Waals surface area (Å²) < 4.78 is 45.7. The number of nitrogens with one attached hydrogen (secondary N) is 4. The normalized spacial score (nSPS) is 17.7. The Morgan fingerprint density at radius 1 is 1.21 bits per heavy atom. The molecule has 0 spiro atoms. The molecule has 0 bridgehead atoms. The number of nitrogens with zero attached hydrogens (tertiary/aromatic N) is 3. The van der Waals surface area contributed by atoms with Gasteiger partial charge in [-0.25, -0.2) is 14.2 Å². The molecule has 0 aliphatic carbocycles. The van der Waals surface area contributed by atoms with E-state index in [4.69, 9.17) is 9.47 Å². The van der Waals surface area contributed by atoms with Gasteiger partial charge in [0.1, 0.15) is 36.4 Å². The molecule has 12 nitrogen and oxygen atoms in total. The zero-order chi connectivity index (χ0) is 23.2. The third kappa shape index (κ3) is 4.27. The number of halogens is 1. The van der Waals surface area contributed by atoms with Crippen LogP contribution in [-0.4, -0.2) is 67.5 Å². The van der Waals surface area contributed by atoms with Crippen molar-refractivity contribution in [3.05, 3.63) is 30.2 Å². The standard InChI is InChI=1S/C19H22FN7O5S/c1-21-16-6-15(24-12-4-10(20)5-14-17(12)32-3-2-31-14)26-18-13(7-22-27(16)18)25-19(28)23-11-8-33(29,30)9-11/h4-7,11,21,29-30H,2-3,8-9H2,1H3,(H,24,26)(H2,23,25,28).